The summed E-state index contributed by atoms with van der Waals surface area (Å²) in [7, 11) is 0. The molecule has 14 heavy (non-hydrogen) atoms. The van der Waals surface area contributed by atoms with Crippen LogP contribution in [0.15, 0.2) is 0 Å². The highest BCUT2D eigenvalue weighted by Gasteiger charge is 2.22. The van der Waals surface area contributed by atoms with Gasteiger partial charge in [-0.25, -0.2) is 0 Å². The number of aliphatic carboxylic acids is 1. The maximum Gasteiger partial charge on any atom is 0.322 e. The van der Waals surface area contributed by atoms with E-state index in [1.165, 1.54) is 0 Å². The van der Waals surface area contributed by atoms with Gasteiger partial charge in [0, 0.05) is 19.7 Å². The minimum Gasteiger partial charge on any atom is -0.480 e. The second kappa shape index (κ2) is 7.73. The summed E-state index contributed by atoms with van der Waals surface area (Å²) in [6, 6.07) is -0.597. The van der Waals surface area contributed by atoms with Crippen molar-refractivity contribution in [1.82, 2.24) is 4.90 Å². The summed E-state index contributed by atoms with van der Waals surface area (Å²) < 4.78 is 5.16. The summed E-state index contributed by atoms with van der Waals surface area (Å²) in [4.78, 5) is 12.6. The summed E-state index contributed by atoms with van der Waals surface area (Å²) >= 11 is 0. The number of nitrogens with two attached hydrogens (primary N) is 1. The number of hydrogen-bond donors (Lipinski definition) is 2. The Balaban J connectivity index is 4.01. The fourth-order valence-corrected chi connectivity index (χ4v) is 1.27. The number of carboxylic acids is 1. The molecule has 0 rings (SSSR count). The summed E-state index contributed by atoms with van der Waals surface area (Å²) in [5.41, 5.74) is 5.39. The monoisotopic (exact) mass is 204 g/mol. The SMILES string of the molecule is CCOCCN(CC)C(CN)C(=O)O. The van der Waals surface area contributed by atoms with Gasteiger partial charge in [0.1, 0.15) is 6.04 Å². The zero-order chi connectivity index (χ0) is 11.0. The first kappa shape index (κ1) is 13.4. The molecule has 0 aliphatic carbocycles. The minimum absolute atomic E-state index is 0.134. The molecular weight excluding hydrogens is 184 g/mol. The Labute approximate surface area is 84.8 Å². The smallest absolute Gasteiger partial charge is 0.322 e. The topological polar surface area (TPSA) is 75.8 Å². The van der Waals surface area contributed by atoms with Crippen molar-refractivity contribution in [2.75, 3.05) is 32.8 Å². The second-order valence-corrected chi connectivity index (χ2v) is 2.92. The van der Waals surface area contributed by atoms with Gasteiger partial charge in [0.25, 0.3) is 0 Å². The van der Waals surface area contributed by atoms with Crippen LogP contribution in [0, 0.1) is 0 Å². The van der Waals surface area contributed by atoms with Crippen molar-refractivity contribution in [1.29, 1.82) is 0 Å². The molecule has 84 valence electrons. The van der Waals surface area contributed by atoms with Crippen LogP contribution in [0.1, 0.15) is 13.8 Å². The molecule has 1 unspecified atom stereocenters. The van der Waals surface area contributed by atoms with E-state index in [2.05, 4.69) is 0 Å². The van der Waals surface area contributed by atoms with Gasteiger partial charge in [-0.2, -0.15) is 0 Å². The highest BCUT2D eigenvalue weighted by atomic mass is 16.5. The maximum atomic E-state index is 10.8. The molecule has 0 spiro atoms. The Kier molecular flexibility index (Phi) is 7.37. The molecule has 5 heteroatoms. The number of rotatable bonds is 8. The minimum atomic E-state index is -0.870. The van der Waals surface area contributed by atoms with E-state index >= 15 is 0 Å². The quantitative estimate of drug-likeness (QED) is 0.533. The molecule has 0 aromatic carbocycles. The molecule has 0 heterocycles. The molecule has 0 aromatic rings. The molecule has 5 nitrogen and oxygen atoms in total. The molecule has 0 fully saturated rings. The fourth-order valence-electron chi connectivity index (χ4n) is 1.27. The predicted molar refractivity (Wildman–Crippen MR) is 54.2 cm³/mol. The lowest BCUT2D eigenvalue weighted by molar-refractivity contribution is -0.143. The lowest BCUT2D eigenvalue weighted by Gasteiger charge is -2.26. The van der Waals surface area contributed by atoms with Gasteiger partial charge in [-0.1, -0.05) is 6.92 Å². The van der Waals surface area contributed by atoms with E-state index in [1.807, 2.05) is 13.8 Å². The number of carboxylic acid groups (broad SMARTS) is 1. The van der Waals surface area contributed by atoms with Crippen LogP contribution in [0.3, 0.4) is 0 Å². The van der Waals surface area contributed by atoms with Crippen molar-refractivity contribution in [3.05, 3.63) is 0 Å². The van der Waals surface area contributed by atoms with Crippen LogP contribution in [-0.2, 0) is 9.53 Å². The van der Waals surface area contributed by atoms with E-state index in [9.17, 15) is 4.79 Å². The molecular formula is C9H20N2O3. The molecule has 0 radical (unpaired) electrons. The summed E-state index contributed by atoms with van der Waals surface area (Å²) in [5.74, 6) is -0.870. The van der Waals surface area contributed by atoms with Gasteiger partial charge in [-0.15, -0.1) is 0 Å². The number of likely N-dealkylation sites (N-methyl/N-ethyl adjacent to an activating group) is 1. The standard InChI is InChI=1S/C9H20N2O3/c1-3-11(5-6-14-4-2)8(7-10)9(12)13/h8H,3-7,10H2,1-2H3,(H,12,13). The first-order chi connectivity index (χ1) is 6.67. The maximum absolute atomic E-state index is 10.8. The number of carbonyl (C=O) groups is 1. The average molecular weight is 204 g/mol. The lowest BCUT2D eigenvalue weighted by atomic mass is 10.2. The van der Waals surface area contributed by atoms with Gasteiger partial charge in [0.05, 0.1) is 6.61 Å². The van der Waals surface area contributed by atoms with E-state index in [-0.39, 0.29) is 6.54 Å². The van der Waals surface area contributed by atoms with E-state index < -0.39 is 12.0 Å². The van der Waals surface area contributed by atoms with Crippen LogP contribution >= 0.6 is 0 Å². The Bertz CT molecular complexity index is 164. The van der Waals surface area contributed by atoms with Gasteiger partial charge in [-0.3, -0.25) is 9.69 Å². The molecule has 3 N–H and O–H groups in total. The van der Waals surface area contributed by atoms with E-state index in [0.717, 1.165) is 0 Å². The van der Waals surface area contributed by atoms with Crippen LogP contribution < -0.4 is 5.73 Å². The Morgan fingerprint density at radius 3 is 2.57 bits per heavy atom. The Hall–Kier alpha value is -0.650. The van der Waals surface area contributed by atoms with Gasteiger partial charge in [-0.05, 0) is 13.5 Å². The molecule has 0 aliphatic rings. The van der Waals surface area contributed by atoms with E-state index in [1.54, 1.807) is 4.90 Å². The lowest BCUT2D eigenvalue weighted by Crippen LogP contribution is -2.47. The normalized spacial score (nSPS) is 13.1. The van der Waals surface area contributed by atoms with Crippen molar-refractivity contribution in [2.45, 2.75) is 19.9 Å². The van der Waals surface area contributed by atoms with E-state index in [4.69, 9.17) is 15.6 Å². The summed E-state index contributed by atoms with van der Waals surface area (Å²) in [6.45, 7) is 6.44. The molecule has 0 aliphatic heterocycles. The van der Waals surface area contributed by atoms with Crippen LogP contribution in [0.25, 0.3) is 0 Å². The molecule has 0 saturated heterocycles. The van der Waals surface area contributed by atoms with Crippen molar-refractivity contribution in [3.63, 3.8) is 0 Å². The zero-order valence-corrected chi connectivity index (χ0v) is 8.90. The summed E-state index contributed by atoms with van der Waals surface area (Å²) in [5, 5.41) is 8.87. The van der Waals surface area contributed by atoms with Gasteiger partial charge in [0.15, 0.2) is 0 Å². The Morgan fingerprint density at radius 2 is 2.21 bits per heavy atom. The third-order valence-corrected chi connectivity index (χ3v) is 2.08. The van der Waals surface area contributed by atoms with Gasteiger partial charge >= 0.3 is 5.97 Å². The fraction of sp³-hybridized carbons (Fsp3) is 0.889. The van der Waals surface area contributed by atoms with Gasteiger partial charge < -0.3 is 15.6 Å². The van der Waals surface area contributed by atoms with Crippen LogP contribution in [0.2, 0.25) is 0 Å². The third kappa shape index (κ3) is 4.55. The first-order valence-corrected chi connectivity index (χ1v) is 4.92. The zero-order valence-electron chi connectivity index (χ0n) is 8.90. The van der Waals surface area contributed by atoms with Crippen molar-refractivity contribution < 1.29 is 14.6 Å². The average Bonchev–Trinajstić information content (AvgIpc) is 2.16. The number of nitrogens with zero attached hydrogens (tertiary/aromatic N) is 1. The van der Waals surface area contributed by atoms with E-state index in [0.29, 0.717) is 26.3 Å². The predicted octanol–water partition coefficient (Wildman–Crippen LogP) is -0.243. The summed E-state index contributed by atoms with van der Waals surface area (Å²) in [6.07, 6.45) is 0. The van der Waals surface area contributed by atoms with Gasteiger partial charge in [0.2, 0.25) is 0 Å². The number of hydrogen-bond acceptors (Lipinski definition) is 4. The van der Waals surface area contributed by atoms with Crippen molar-refractivity contribution in [2.24, 2.45) is 5.73 Å². The highest BCUT2D eigenvalue weighted by molar-refractivity contribution is 5.73. The third-order valence-electron chi connectivity index (χ3n) is 2.08. The first-order valence-electron chi connectivity index (χ1n) is 4.92. The highest BCUT2D eigenvalue weighted by Crippen LogP contribution is 1.98. The number of ether oxygens (including phenoxy) is 1. The van der Waals surface area contributed by atoms with Crippen LogP contribution in [-0.4, -0.2) is 54.9 Å². The molecule has 0 bridgehead atoms. The van der Waals surface area contributed by atoms with Crippen molar-refractivity contribution >= 4 is 5.97 Å². The second-order valence-electron chi connectivity index (χ2n) is 2.92. The Morgan fingerprint density at radius 1 is 1.57 bits per heavy atom. The molecule has 0 amide bonds. The largest absolute Gasteiger partial charge is 0.480 e. The molecule has 1 atom stereocenters. The molecule has 0 saturated carbocycles. The van der Waals surface area contributed by atoms with Crippen LogP contribution in [0.5, 0.6) is 0 Å². The molecule has 0 aromatic heterocycles. The van der Waals surface area contributed by atoms with Crippen molar-refractivity contribution in [3.8, 4) is 0 Å². The van der Waals surface area contributed by atoms with Crippen LogP contribution in [0.4, 0.5) is 0 Å².